The number of likely N-dealkylation sites (tertiary alicyclic amines) is 1. The van der Waals surface area contributed by atoms with Crippen LogP contribution < -0.4 is 5.32 Å². The Balaban J connectivity index is 1.60. The lowest BCUT2D eigenvalue weighted by atomic mass is 10.00. The maximum Gasteiger partial charge on any atom is 0.239 e. The highest BCUT2D eigenvalue weighted by Crippen LogP contribution is 2.38. The molecule has 17 heavy (non-hydrogen) atoms. The van der Waals surface area contributed by atoms with Crippen molar-refractivity contribution in [3.8, 4) is 0 Å². The summed E-state index contributed by atoms with van der Waals surface area (Å²) in [6.45, 7) is 2.63. The van der Waals surface area contributed by atoms with Crippen LogP contribution in [0.4, 0.5) is 0 Å². The third kappa shape index (κ3) is 2.08. The second-order valence-electron chi connectivity index (χ2n) is 5.81. The topological polar surface area (TPSA) is 52.6 Å². The Labute approximate surface area is 102 Å². The monoisotopic (exact) mass is 238 g/mol. The van der Waals surface area contributed by atoms with Gasteiger partial charge in [0, 0.05) is 19.0 Å². The highest BCUT2D eigenvalue weighted by atomic mass is 16.3. The Morgan fingerprint density at radius 1 is 1.18 bits per heavy atom. The molecule has 0 aromatic carbocycles. The zero-order valence-electron chi connectivity index (χ0n) is 10.3. The number of carbonyl (C=O) groups is 1. The molecule has 4 nitrogen and oxygen atoms in total. The second-order valence-corrected chi connectivity index (χ2v) is 5.81. The zero-order chi connectivity index (χ0) is 11.8. The van der Waals surface area contributed by atoms with Crippen molar-refractivity contribution in [2.24, 2.45) is 11.8 Å². The number of piperidine rings is 1. The van der Waals surface area contributed by atoms with E-state index < -0.39 is 0 Å². The molecule has 3 unspecified atom stereocenters. The van der Waals surface area contributed by atoms with E-state index in [0.29, 0.717) is 11.8 Å². The van der Waals surface area contributed by atoms with Crippen LogP contribution >= 0.6 is 0 Å². The van der Waals surface area contributed by atoms with Crippen LogP contribution in [0.15, 0.2) is 0 Å². The molecule has 1 amide bonds. The van der Waals surface area contributed by atoms with Gasteiger partial charge in [0.25, 0.3) is 0 Å². The molecule has 1 saturated carbocycles. The molecule has 0 aromatic rings. The molecule has 4 heteroatoms. The van der Waals surface area contributed by atoms with Gasteiger partial charge in [0.1, 0.15) is 0 Å². The third-order valence-electron chi connectivity index (χ3n) is 4.74. The summed E-state index contributed by atoms with van der Waals surface area (Å²) < 4.78 is 0. The fourth-order valence-corrected chi connectivity index (χ4v) is 3.70. The first-order valence-electron chi connectivity index (χ1n) is 6.96. The Bertz CT molecular complexity index is 302. The Morgan fingerprint density at radius 3 is 2.76 bits per heavy atom. The number of aliphatic hydroxyl groups is 1. The third-order valence-corrected chi connectivity index (χ3v) is 4.74. The van der Waals surface area contributed by atoms with Gasteiger partial charge < -0.3 is 15.3 Å². The van der Waals surface area contributed by atoms with Crippen LogP contribution in [0.3, 0.4) is 0 Å². The van der Waals surface area contributed by atoms with Crippen molar-refractivity contribution in [1.82, 2.24) is 10.2 Å². The van der Waals surface area contributed by atoms with Crippen LogP contribution in [0.5, 0.6) is 0 Å². The zero-order valence-corrected chi connectivity index (χ0v) is 10.3. The average Bonchev–Trinajstić information content (AvgIpc) is 2.92. The first kappa shape index (κ1) is 11.5. The summed E-state index contributed by atoms with van der Waals surface area (Å²) in [7, 11) is 0. The van der Waals surface area contributed by atoms with Gasteiger partial charge in [0.05, 0.1) is 12.1 Å². The number of fused-ring (bicyclic) bond motifs is 1. The quantitative estimate of drug-likeness (QED) is 0.693. The van der Waals surface area contributed by atoms with Crippen LogP contribution in [0.1, 0.15) is 32.1 Å². The molecule has 0 bridgehead atoms. The summed E-state index contributed by atoms with van der Waals surface area (Å²) in [4.78, 5) is 14.3. The predicted molar refractivity (Wildman–Crippen MR) is 64.4 cm³/mol. The molecular weight excluding hydrogens is 216 g/mol. The molecule has 3 fully saturated rings. The lowest BCUT2D eigenvalue weighted by Crippen LogP contribution is -2.48. The Hall–Kier alpha value is -0.610. The normalized spacial score (nSPS) is 41.6. The molecule has 2 heterocycles. The van der Waals surface area contributed by atoms with Gasteiger partial charge in [-0.1, -0.05) is 6.42 Å². The van der Waals surface area contributed by atoms with E-state index in [4.69, 9.17) is 0 Å². The molecule has 0 spiro atoms. The van der Waals surface area contributed by atoms with Crippen molar-refractivity contribution in [3.05, 3.63) is 0 Å². The smallest absolute Gasteiger partial charge is 0.239 e. The van der Waals surface area contributed by atoms with E-state index in [-0.39, 0.29) is 18.1 Å². The largest absolute Gasteiger partial charge is 0.393 e. The lowest BCUT2D eigenvalue weighted by Gasteiger charge is -2.28. The number of hydrogen-bond donors (Lipinski definition) is 2. The van der Waals surface area contributed by atoms with E-state index in [9.17, 15) is 9.90 Å². The Morgan fingerprint density at radius 2 is 2.06 bits per heavy atom. The van der Waals surface area contributed by atoms with Crippen LogP contribution in [-0.4, -0.2) is 47.7 Å². The number of aliphatic hydroxyl groups excluding tert-OH is 1. The number of nitrogens with zero attached hydrogens (tertiary/aromatic N) is 1. The van der Waals surface area contributed by atoms with Crippen LogP contribution in [-0.2, 0) is 4.79 Å². The van der Waals surface area contributed by atoms with Gasteiger partial charge in [-0.2, -0.15) is 0 Å². The number of amides is 1. The number of hydrogen-bond acceptors (Lipinski definition) is 3. The van der Waals surface area contributed by atoms with Crippen molar-refractivity contribution in [2.45, 2.75) is 44.2 Å². The molecule has 0 aromatic heterocycles. The maximum absolute atomic E-state index is 12.3. The summed E-state index contributed by atoms with van der Waals surface area (Å²) in [6.07, 6.45) is 5.18. The van der Waals surface area contributed by atoms with Crippen molar-refractivity contribution < 1.29 is 9.90 Å². The highest BCUT2D eigenvalue weighted by Gasteiger charge is 2.44. The van der Waals surface area contributed by atoms with Crippen molar-refractivity contribution >= 4 is 5.91 Å². The first-order valence-corrected chi connectivity index (χ1v) is 6.96. The van der Waals surface area contributed by atoms with Crippen LogP contribution in [0.2, 0.25) is 0 Å². The minimum atomic E-state index is -0.169. The SMILES string of the molecule is O=C([C@@H]1CCCCN1)N1CC2CCC(O)C2C1. The van der Waals surface area contributed by atoms with E-state index >= 15 is 0 Å². The van der Waals surface area contributed by atoms with Gasteiger partial charge in [-0.15, -0.1) is 0 Å². The molecule has 4 atom stereocenters. The summed E-state index contributed by atoms with van der Waals surface area (Å²) in [5, 5.41) is 13.2. The highest BCUT2D eigenvalue weighted by molar-refractivity contribution is 5.82. The summed E-state index contributed by atoms with van der Waals surface area (Å²) in [6, 6.07) is 0.0414. The van der Waals surface area contributed by atoms with Crippen molar-refractivity contribution in [2.75, 3.05) is 19.6 Å². The fourth-order valence-electron chi connectivity index (χ4n) is 3.70. The van der Waals surface area contributed by atoms with Gasteiger partial charge >= 0.3 is 0 Å². The van der Waals surface area contributed by atoms with E-state index in [1.54, 1.807) is 0 Å². The molecule has 96 valence electrons. The maximum atomic E-state index is 12.3. The molecule has 3 rings (SSSR count). The van der Waals surface area contributed by atoms with E-state index in [0.717, 1.165) is 45.3 Å². The minimum Gasteiger partial charge on any atom is -0.393 e. The summed E-state index contributed by atoms with van der Waals surface area (Å²) in [5.41, 5.74) is 0. The molecule has 1 aliphatic carbocycles. The molecule has 2 saturated heterocycles. The van der Waals surface area contributed by atoms with E-state index in [1.165, 1.54) is 6.42 Å². The van der Waals surface area contributed by atoms with E-state index in [2.05, 4.69) is 5.32 Å². The minimum absolute atomic E-state index is 0.0414. The van der Waals surface area contributed by atoms with Gasteiger partial charge in [0.2, 0.25) is 5.91 Å². The molecule has 3 aliphatic rings. The Kier molecular flexibility index (Phi) is 3.09. The fraction of sp³-hybridized carbons (Fsp3) is 0.923. The van der Waals surface area contributed by atoms with Crippen LogP contribution in [0, 0.1) is 11.8 Å². The number of carbonyl (C=O) groups excluding carboxylic acids is 1. The van der Waals surface area contributed by atoms with Gasteiger partial charge in [0.15, 0.2) is 0 Å². The lowest BCUT2D eigenvalue weighted by molar-refractivity contribution is -0.133. The number of nitrogens with one attached hydrogen (secondary N) is 1. The summed E-state index contributed by atoms with van der Waals surface area (Å²) >= 11 is 0. The van der Waals surface area contributed by atoms with Crippen molar-refractivity contribution in [1.29, 1.82) is 0 Å². The van der Waals surface area contributed by atoms with Crippen LogP contribution in [0.25, 0.3) is 0 Å². The van der Waals surface area contributed by atoms with Gasteiger partial charge in [-0.25, -0.2) is 0 Å². The molecule has 0 radical (unpaired) electrons. The molecular formula is C13H22N2O2. The standard InChI is InChI=1S/C13H22N2O2/c16-12-5-4-9-7-15(8-10(9)12)13(17)11-3-1-2-6-14-11/h9-12,14,16H,1-8H2/t9?,10?,11-,12?/m0/s1. The van der Waals surface area contributed by atoms with E-state index in [1.807, 2.05) is 4.90 Å². The average molecular weight is 238 g/mol. The summed E-state index contributed by atoms with van der Waals surface area (Å²) in [5.74, 6) is 1.17. The van der Waals surface area contributed by atoms with Gasteiger partial charge in [-0.05, 0) is 38.1 Å². The molecule has 2 aliphatic heterocycles. The van der Waals surface area contributed by atoms with Gasteiger partial charge in [-0.3, -0.25) is 4.79 Å². The second kappa shape index (κ2) is 4.58. The molecule has 2 N–H and O–H groups in total. The van der Waals surface area contributed by atoms with Crippen molar-refractivity contribution in [3.63, 3.8) is 0 Å². The predicted octanol–water partition coefficient (Wildman–Crippen LogP) is 0.358. The number of rotatable bonds is 1. The first-order chi connectivity index (χ1) is 8.25.